The van der Waals surface area contributed by atoms with Gasteiger partial charge in [-0.15, -0.1) is 0 Å². The van der Waals surface area contributed by atoms with Crippen LogP contribution in [0.1, 0.15) is 24.2 Å². The zero-order valence-electron chi connectivity index (χ0n) is 10.8. The Morgan fingerprint density at radius 1 is 1.37 bits per heavy atom. The number of aliphatic hydroxyl groups is 1. The molecule has 7 heteroatoms. The van der Waals surface area contributed by atoms with E-state index in [1.807, 2.05) is 0 Å². The van der Waals surface area contributed by atoms with Gasteiger partial charge in [-0.25, -0.2) is 13.2 Å². The summed E-state index contributed by atoms with van der Waals surface area (Å²) in [5.41, 5.74) is -0.0891. The van der Waals surface area contributed by atoms with Crippen LogP contribution in [0.3, 0.4) is 0 Å². The van der Waals surface area contributed by atoms with Gasteiger partial charge in [0.1, 0.15) is 0 Å². The first-order valence-corrected chi connectivity index (χ1v) is 7.20. The molecule has 6 nitrogen and oxygen atoms in total. The lowest BCUT2D eigenvalue weighted by atomic mass is 10.2. The number of rotatable bonds is 6. The van der Waals surface area contributed by atoms with Crippen molar-refractivity contribution in [2.45, 2.75) is 24.8 Å². The molecule has 0 atom stereocenters. The Bertz CT molecular complexity index is 553. The van der Waals surface area contributed by atoms with Gasteiger partial charge < -0.3 is 10.2 Å². The van der Waals surface area contributed by atoms with Crippen LogP contribution in [0.15, 0.2) is 29.2 Å². The SMILES string of the molecule is CC(C)N(CCO)S(=O)(=O)c1cccc(C(=O)O)c1. The maximum absolute atomic E-state index is 12.4. The molecule has 0 bridgehead atoms. The number of nitrogens with zero attached hydrogens (tertiary/aromatic N) is 1. The number of carboxylic acid groups (broad SMARTS) is 1. The zero-order valence-corrected chi connectivity index (χ0v) is 11.6. The van der Waals surface area contributed by atoms with E-state index in [9.17, 15) is 13.2 Å². The van der Waals surface area contributed by atoms with E-state index in [0.29, 0.717) is 0 Å². The van der Waals surface area contributed by atoms with Crippen LogP contribution in [0.5, 0.6) is 0 Å². The Morgan fingerprint density at radius 3 is 2.47 bits per heavy atom. The highest BCUT2D eigenvalue weighted by molar-refractivity contribution is 7.89. The Balaban J connectivity index is 3.25. The normalized spacial score (nSPS) is 12.1. The molecule has 0 spiro atoms. The summed E-state index contributed by atoms with van der Waals surface area (Å²) in [7, 11) is -3.81. The summed E-state index contributed by atoms with van der Waals surface area (Å²) >= 11 is 0. The van der Waals surface area contributed by atoms with Crippen molar-refractivity contribution in [1.82, 2.24) is 4.31 Å². The van der Waals surface area contributed by atoms with Crippen LogP contribution in [-0.2, 0) is 10.0 Å². The lowest BCUT2D eigenvalue weighted by molar-refractivity contribution is 0.0696. The fourth-order valence-corrected chi connectivity index (χ4v) is 3.35. The van der Waals surface area contributed by atoms with E-state index in [1.54, 1.807) is 13.8 Å². The lowest BCUT2D eigenvalue weighted by Crippen LogP contribution is -2.39. The van der Waals surface area contributed by atoms with Gasteiger partial charge in [0, 0.05) is 12.6 Å². The quantitative estimate of drug-likeness (QED) is 0.806. The van der Waals surface area contributed by atoms with Crippen LogP contribution in [0, 0.1) is 0 Å². The van der Waals surface area contributed by atoms with Crippen molar-refractivity contribution in [2.24, 2.45) is 0 Å². The lowest BCUT2D eigenvalue weighted by Gasteiger charge is -2.25. The van der Waals surface area contributed by atoms with Gasteiger partial charge in [-0.1, -0.05) is 6.07 Å². The number of aromatic carboxylic acids is 1. The molecule has 0 unspecified atom stereocenters. The van der Waals surface area contributed by atoms with Gasteiger partial charge in [0.05, 0.1) is 17.1 Å². The molecule has 0 aliphatic carbocycles. The van der Waals surface area contributed by atoms with Gasteiger partial charge in [-0.3, -0.25) is 0 Å². The summed E-state index contributed by atoms with van der Waals surface area (Å²) in [4.78, 5) is 10.8. The average Bonchev–Trinajstić information content (AvgIpc) is 2.35. The van der Waals surface area contributed by atoms with Crippen LogP contribution in [0.25, 0.3) is 0 Å². The molecular formula is C12H17NO5S. The number of sulfonamides is 1. The molecule has 106 valence electrons. The topological polar surface area (TPSA) is 94.9 Å². The average molecular weight is 287 g/mol. The number of hydrogen-bond acceptors (Lipinski definition) is 4. The van der Waals surface area contributed by atoms with E-state index in [-0.39, 0.29) is 29.7 Å². The molecule has 0 amide bonds. The molecule has 0 radical (unpaired) electrons. The molecular weight excluding hydrogens is 270 g/mol. The standard InChI is InChI=1S/C12H17NO5S/c1-9(2)13(6-7-14)19(17,18)11-5-3-4-10(8-11)12(15)16/h3-5,8-9,14H,6-7H2,1-2H3,(H,15,16). The molecule has 0 heterocycles. The van der Waals surface area contributed by atoms with E-state index in [2.05, 4.69) is 0 Å². The van der Waals surface area contributed by atoms with Crippen molar-refractivity contribution in [3.63, 3.8) is 0 Å². The minimum absolute atomic E-state index is 0.0305. The second kappa shape index (κ2) is 6.14. The Kier molecular flexibility index (Phi) is 5.04. The second-order valence-corrected chi connectivity index (χ2v) is 6.16. The van der Waals surface area contributed by atoms with Crippen LogP contribution in [0.2, 0.25) is 0 Å². The summed E-state index contributed by atoms with van der Waals surface area (Å²) in [6.45, 7) is 3.05. The minimum Gasteiger partial charge on any atom is -0.478 e. The minimum atomic E-state index is -3.81. The molecule has 1 aromatic carbocycles. The van der Waals surface area contributed by atoms with Crippen LogP contribution in [-0.4, -0.2) is 48.1 Å². The van der Waals surface area contributed by atoms with E-state index in [4.69, 9.17) is 10.2 Å². The molecule has 0 aliphatic heterocycles. The Labute approximate surface area is 112 Å². The molecule has 2 N–H and O–H groups in total. The Hall–Kier alpha value is -1.44. The van der Waals surface area contributed by atoms with Crippen LogP contribution >= 0.6 is 0 Å². The highest BCUT2D eigenvalue weighted by Gasteiger charge is 2.27. The van der Waals surface area contributed by atoms with Gasteiger partial charge in [0.15, 0.2) is 0 Å². The summed E-state index contributed by atoms with van der Waals surface area (Å²) in [5.74, 6) is -1.18. The first-order chi connectivity index (χ1) is 8.80. The van der Waals surface area contributed by atoms with Gasteiger partial charge in [0.25, 0.3) is 0 Å². The third-order valence-electron chi connectivity index (χ3n) is 2.58. The predicted octanol–water partition coefficient (Wildman–Crippen LogP) is 0.776. The number of carbonyl (C=O) groups is 1. The van der Waals surface area contributed by atoms with Crippen molar-refractivity contribution in [1.29, 1.82) is 0 Å². The largest absolute Gasteiger partial charge is 0.478 e. The molecule has 1 rings (SSSR count). The van der Waals surface area contributed by atoms with E-state index in [1.165, 1.54) is 18.2 Å². The molecule has 19 heavy (non-hydrogen) atoms. The molecule has 0 saturated carbocycles. The summed E-state index contributed by atoms with van der Waals surface area (Å²) < 4.78 is 25.9. The van der Waals surface area contributed by atoms with Gasteiger partial charge in [0.2, 0.25) is 10.0 Å². The highest BCUT2D eigenvalue weighted by atomic mass is 32.2. The van der Waals surface area contributed by atoms with Crippen LogP contribution < -0.4 is 0 Å². The summed E-state index contributed by atoms with van der Waals surface area (Å²) in [5, 5.41) is 17.8. The summed E-state index contributed by atoms with van der Waals surface area (Å²) in [6, 6.07) is 4.84. The number of hydrogen-bond donors (Lipinski definition) is 2. The molecule has 0 fully saturated rings. The molecule has 1 aromatic rings. The molecule has 0 saturated heterocycles. The van der Waals surface area contributed by atoms with Crippen molar-refractivity contribution >= 4 is 16.0 Å². The summed E-state index contributed by atoms with van der Waals surface area (Å²) in [6.07, 6.45) is 0. The fraction of sp³-hybridized carbons (Fsp3) is 0.417. The van der Waals surface area contributed by atoms with Crippen molar-refractivity contribution in [3.8, 4) is 0 Å². The third-order valence-corrected chi connectivity index (χ3v) is 4.66. The number of carboxylic acids is 1. The highest BCUT2D eigenvalue weighted by Crippen LogP contribution is 2.19. The van der Waals surface area contributed by atoms with Crippen molar-refractivity contribution in [2.75, 3.05) is 13.2 Å². The second-order valence-electron chi connectivity index (χ2n) is 4.27. The van der Waals surface area contributed by atoms with E-state index < -0.39 is 16.0 Å². The monoisotopic (exact) mass is 287 g/mol. The van der Waals surface area contributed by atoms with Gasteiger partial charge >= 0.3 is 5.97 Å². The first-order valence-electron chi connectivity index (χ1n) is 5.76. The van der Waals surface area contributed by atoms with Gasteiger partial charge in [-0.05, 0) is 32.0 Å². The maximum Gasteiger partial charge on any atom is 0.335 e. The van der Waals surface area contributed by atoms with E-state index >= 15 is 0 Å². The van der Waals surface area contributed by atoms with E-state index in [0.717, 1.165) is 10.4 Å². The maximum atomic E-state index is 12.4. The zero-order chi connectivity index (χ0) is 14.6. The first kappa shape index (κ1) is 15.6. The third kappa shape index (κ3) is 3.52. The van der Waals surface area contributed by atoms with Crippen LogP contribution in [0.4, 0.5) is 0 Å². The number of aliphatic hydroxyl groups excluding tert-OH is 1. The van der Waals surface area contributed by atoms with Gasteiger partial charge in [-0.2, -0.15) is 4.31 Å². The van der Waals surface area contributed by atoms with Crippen molar-refractivity contribution in [3.05, 3.63) is 29.8 Å². The fourth-order valence-electron chi connectivity index (χ4n) is 1.68. The molecule has 0 aromatic heterocycles. The predicted molar refractivity (Wildman–Crippen MR) is 69.5 cm³/mol. The Morgan fingerprint density at radius 2 is 2.00 bits per heavy atom. The van der Waals surface area contributed by atoms with Crippen molar-refractivity contribution < 1.29 is 23.4 Å². The number of benzene rings is 1. The molecule has 0 aliphatic rings. The smallest absolute Gasteiger partial charge is 0.335 e.